The molecule has 0 atom stereocenters. The van der Waals surface area contributed by atoms with Crippen molar-refractivity contribution in [1.82, 2.24) is 14.7 Å². The Balaban J connectivity index is 1.71. The lowest BCUT2D eigenvalue weighted by molar-refractivity contribution is 0.432. The summed E-state index contributed by atoms with van der Waals surface area (Å²) in [6, 6.07) is 19.0. The summed E-state index contributed by atoms with van der Waals surface area (Å²) in [6.45, 7) is 4.08. The molecule has 0 aliphatic heterocycles. The van der Waals surface area contributed by atoms with Gasteiger partial charge in [-0.25, -0.2) is 4.39 Å². The number of benzene rings is 3. The van der Waals surface area contributed by atoms with Crippen LogP contribution in [0.1, 0.15) is 11.1 Å². The van der Waals surface area contributed by atoms with Crippen molar-refractivity contribution in [3.05, 3.63) is 100 Å². The minimum atomic E-state index is -0.368. The van der Waals surface area contributed by atoms with Crippen LogP contribution < -0.4 is 5.56 Å². The molecule has 0 N–H and O–H groups in total. The predicted molar refractivity (Wildman–Crippen MR) is 118 cm³/mol. The number of rotatable bonds is 3. The first-order valence-corrected chi connectivity index (χ1v) is 9.83. The van der Waals surface area contributed by atoms with E-state index in [4.69, 9.17) is 4.52 Å². The molecule has 5 aromatic rings. The fourth-order valence-corrected chi connectivity index (χ4v) is 3.59. The monoisotopic (exact) mass is 411 g/mol. The Morgan fingerprint density at radius 3 is 2.39 bits per heavy atom. The van der Waals surface area contributed by atoms with Crippen molar-refractivity contribution in [1.29, 1.82) is 0 Å². The first kappa shape index (κ1) is 18.9. The Labute approximate surface area is 177 Å². The molecule has 6 heteroatoms. The van der Waals surface area contributed by atoms with Crippen LogP contribution in [0.2, 0.25) is 0 Å². The van der Waals surface area contributed by atoms with Crippen molar-refractivity contribution in [2.45, 2.75) is 13.8 Å². The molecule has 5 nitrogen and oxygen atoms in total. The number of aromatic nitrogens is 3. The van der Waals surface area contributed by atoms with E-state index in [1.165, 1.54) is 22.3 Å². The maximum atomic E-state index is 13.4. The third-order valence-electron chi connectivity index (χ3n) is 5.45. The Bertz CT molecular complexity index is 1480. The predicted octanol–water partition coefficient (Wildman–Crippen LogP) is 5.46. The van der Waals surface area contributed by atoms with Gasteiger partial charge in [0.1, 0.15) is 5.82 Å². The highest BCUT2D eigenvalue weighted by Crippen LogP contribution is 2.29. The minimum Gasteiger partial charge on any atom is -0.334 e. The van der Waals surface area contributed by atoms with Gasteiger partial charge in [0.05, 0.1) is 5.56 Å². The molecule has 0 saturated heterocycles. The molecule has 0 unspecified atom stereocenters. The van der Waals surface area contributed by atoms with E-state index in [0.29, 0.717) is 33.7 Å². The Hall–Kier alpha value is -4.06. The Morgan fingerprint density at radius 2 is 1.65 bits per heavy atom. The molecule has 31 heavy (non-hydrogen) atoms. The third-order valence-corrected chi connectivity index (χ3v) is 5.45. The molecule has 3 aromatic carbocycles. The highest BCUT2D eigenvalue weighted by molar-refractivity contribution is 5.94. The second-order valence-electron chi connectivity index (χ2n) is 7.46. The number of aryl methyl sites for hydroxylation is 2. The standard InChI is InChI=1S/C25H18FN3O2/c1-15-7-8-17(13-16(15)2)23-27-24(31-28-23)22-14-29(19-11-9-18(26)10-12-19)25(30)21-6-4-3-5-20(21)22/h3-14H,1-2H3. The molecule has 5 rings (SSSR count). The van der Waals surface area contributed by atoms with E-state index in [1.807, 2.05) is 44.2 Å². The highest BCUT2D eigenvalue weighted by atomic mass is 19.1. The number of hydrogen-bond acceptors (Lipinski definition) is 4. The van der Waals surface area contributed by atoms with Gasteiger partial charge in [0.2, 0.25) is 5.82 Å². The third kappa shape index (κ3) is 3.32. The van der Waals surface area contributed by atoms with Gasteiger partial charge in [-0.1, -0.05) is 35.5 Å². The maximum absolute atomic E-state index is 13.4. The van der Waals surface area contributed by atoms with E-state index in [2.05, 4.69) is 10.1 Å². The van der Waals surface area contributed by atoms with Crippen LogP contribution in [0.15, 0.2) is 82.2 Å². The molecule has 2 heterocycles. The lowest BCUT2D eigenvalue weighted by atomic mass is 10.1. The van der Waals surface area contributed by atoms with E-state index in [0.717, 1.165) is 11.1 Å². The quantitative estimate of drug-likeness (QED) is 0.395. The molecule has 0 bridgehead atoms. The molecule has 0 radical (unpaired) electrons. The van der Waals surface area contributed by atoms with Crippen molar-refractivity contribution in [3.8, 4) is 28.5 Å². The van der Waals surface area contributed by atoms with Crippen LogP contribution >= 0.6 is 0 Å². The number of nitrogens with zero attached hydrogens (tertiary/aromatic N) is 3. The van der Waals surface area contributed by atoms with Gasteiger partial charge >= 0.3 is 0 Å². The average molecular weight is 411 g/mol. The summed E-state index contributed by atoms with van der Waals surface area (Å²) in [5.74, 6) is 0.412. The van der Waals surface area contributed by atoms with E-state index < -0.39 is 0 Å². The summed E-state index contributed by atoms with van der Waals surface area (Å²) in [6.07, 6.45) is 1.66. The van der Waals surface area contributed by atoms with Gasteiger partial charge in [-0.05, 0) is 61.4 Å². The molecule has 0 amide bonds. The number of fused-ring (bicyclic) bond motifs is 1. The van der Waals surface area contributed by atoms with Crippen molar-refractivity contribution < 1.29 is 8.91 Å². The van der Waals surface area contributed by atoms with Crippen LogP contribution in [0, 0.1) is 19.7 Å². The Morgan fingerprint density at radius 1 is 0.903 bits per heavy atom. The first-order chi connectivity index (χ1) is 15.0. The van der Waals surface area contributed by atoms with Crippen LogP contribution in [0.25, 0.3) is 39.3 Å². The lowest BCUT2D eigenvalue weighted by Crippen LogP contribution is -2.18. The first-order valence-electron chi connectivity index (χ1n) is 9.83. The minimum absolute atomic E-state index is 0.208. The molecule has 0 spiro atoms. The van der Waals surface area contributed by atoms with Crippen LogP contribution in [0.5, 0.6) is 0 Å². The normalized spacial score (nSPS) is 11.2. The molecule has 2 aromatic heterocycles. The van der Waals surface area contributed by atoms with Crippen LogP contribution in [-0.4, -0.2) is 14.7 Å². The van der Waals surface area contributed by atoms with Gasteiger partial charge in [0.25, 0.3) is 11.4 Å². The van der Waals surface area contributed by atoms with Crippen molar-refractivity contribution in [2.75, 3.05) is 0 Å². The second-order valence-corrected chi connectivity index (χ2v) is 7.46. The van der Waals surface area contributed by atoms with Gasteiger partial charge in [-0.3, -0.25) is 9.36 Å². The van der Waals surface area contributed by atoms with Crippen molar-refractivity contribution >= 4 is 10.8 Å². The van der Waals surface area contributed by atoms with Gasteiger partial charge in [0.15, 0.2) is 0 Å². The fourth-order valence-electron chi connectivity index (χ4n) is 3.59. The summed E-state index contributed by atoms with van der Waals surface area (Å²) >= 11 is 0. The van der Waals surface area contributed by atoms with E-state index >= 15 is 0 Å². The summed E-state index contributed by atoms with van der Waals surface area (Å²) in [5.41, 5.74) is 4.15. The summed E-state index contributed by atoms with van der Waals surface area (Å²) in [5, 5.41) is 5.37. The largest absolute Gasteiger partial charge is 0.334 e. The van der Waals surface area contributed by atoms with Crippen LogP contribution in [0.4, 0.5) is 4.39 Å². The topological polar surface area (TPSA) is 60.9 Å². The number of hydrogen-bond donors (Lipinski definition) is 0. The van der Waals surface area contributed by atoms with E-state index in [9.17, 15) is 9.18 Å². The van der Waals surface area contributed by atoms with E-state index in [-0.39, 0.29) is 11.4 Å². The fraction of sp³-hybridized carbons (Fsp3) is 0.0800. The van der Waals surface area contributed by atoms with Crippen LogP contribution in [-0.2, 0) is 0 Å². The summed E-state index contributed by atoms with van der Waals surface area (Å²) < 4.78 is 20.5. The SMILES string of the molecule is Cc1ccc(-c2noc(-c3cn(-c4ccc(F)cc4)c(=O)c4ccccc34)n2)cc1C. The van der Waals surface area contributed by atoms with Crippen molar-refractivity contribution in [2.24, 2.45) is 0 Å². The molecule has 0 saturated carbocycles. The molecular weight excluding hydrogens is 393 g/mol. The van der Waals surface area contributed by atoms with Gasteiger partial charge in [0, 0.05) is 28.2 Å². The van der Waals surface area contributed by atoms with Gasteiger partial charge in [-0.15, -0.1) is 0 Å². The zero-order valence-corrected chi connectivity index (χ0v) is 17.0. The molecule has 152 valence electrons. The molecule has 0 aliphatic rings. The second kappa shape index (κ2) is 7.32. The number of pyridine rings is 1. The average Bonchev–Trinajstić information content (AvgIpc) is 3.27. The lowest BCUT2D eigenvalue weighted by Gasteiger charge is -2.10. The number of halogens is 1. The smallest absolute Gasteiger partial charge is 0.262 e. The van der Waals surface area contributed by atoms with E-state index in [1.54, 1.807) is 30.5 Å². The zero-order valence-electron chi connectivity index (χ0n) is 17.0. The molecule has 0 fully saturated rings. The summed E-state index contributed by atoms with van der Waals surface area (Å²) in [7, 11) is 0. The molecule has 0 aliphatic carbocycles. The van der Waals surface area contributed by atoms with Crippen molar-refractivity contribution in [3.63, 3.8) is 0 Å². The van der Waals surface area contributed by atoms with Gasteiger partial charge in [-0.2, -0.15) is 4.98 Å². The van der Waals surface area contributed by atoms with Gasteiger partial charge < -0.3 is 4.52 Å². The zero-order chi connectivity index (χ0) is 21.5. The maximum Gasteiger partial charge on any atom is 0.262 e. The summed E-state index contributed by atoms with van der Waals surface area (Å²) in [4.78, 5) is 17.7. The Kier molecular flexibility index (Phi) is 4.47. The van der Waals surface area contributed by atoms with Crippen LogP contribution in [0.3, 0.4) is 0 Å². The molecular formula is C25H18FN3O2. The highest BCUT2D eigenvalue weighted by Gasteiger charge is 2.17.